The lowest BCUT2D eigenvalue weighted by atomic mass is 10.0. The van der Waals surface area contributed by atoms with Gasteiger partial charge in [-0.3, -0.25) is 0 Å². The summed E-state index contributed by atoms with van der Waals surface area (Å²) in [5.74, 6) is -0.401. The van der Waals surface area contributed by atoms with Crippen molar-refractivity contribution in [2.45, 2.75) is 20.1 Å². The average molecular weight is 494 g/mol. The fourth-order valence-corrected chi connectivity index (χ4v) is 3.53. The summed E-state index contributed by atoms with van der Waals surface area (Å²) >= 11 is 0. The van der Waals surface area contributed by atoms with Gasteiger partial charge in [-0.25, -0.2) is 14.6 Å². The van der Waals surface area contributed by atoms with Gasteiger partial charge in [0.2, 0.25) is 0 Å². The number of benzene rings is 4. The molecule has 0 aliphatic rings. The highest BCUT2D eigenvalue weighted by Crippen LogP contribution is 2.24. The van der Waals surface area contributed by atoms with Gasteiger partial charge in [-0.1, -0.05) is 66.2 Å². The molecular formula is C30H27N3O4. The summed E-state index contributed by atoms with van der Waals surface area (Å²) in [6.07, 6.45) is 0. The maximum Gasteiger partial charge on any atom is 0.343 e. The van der Waals surface area contributed by atoms with E-state index in [-0.39, 0.29) is 18.5 Å². The van der Waals surface area contributed by atoms with Gasteiger partial charge in [-0.05, 0) is 65.6 Å². The Labute approximate surface area is 215 Å². The lowest BCUT2D eigenvalue weighted by molar-refractivity contribution is 0.0472. The van der Waals surface area contributed by atoms with Crippen LogP contribution in [0.3, 0.4) is 0 Å². The molecule has 0 atom stereocenters. The lowest BCUT2D eigenvalue weighted by Gasteiger charge is -2.08. The second-order valence-electron chi connectivity index (χ2n) is 8.49. The summed E-state index contributed by atoms with van der Waals surface area (Å²) in [4.78, 5) is 28.8. The Morgan fingerprint density at radius 2 is 1.19 bits per heavy atom. The second-order valence-corrected chi connectivity index (χ2v) is 8.49. The monoisotopic (exact) mass is 493 g/mol. The number of hydrogen-bond donors (Lipinski definition) is 2. The van der Waals surface area contributed by atoms with Crippen LogP contribution >= 0.6 is 0 Å². The van der Waals surface area contributed by atoms with E-state index < -0.39 is 5.97 Å². The van der Waals surface area contributed by atoms with Crippen molar-refractivity contribution in [3.05, 3.63) is 125 Å². The molecule has 0 bridgehead atoms. The number of ether oxygens (including phenoxy) is 2. The zero-order chi connectivity index (χ0) is 26.2. The van der Waals surface area contributed by atoms with Crippen LogP contribution < -0.4 is 16.2 Å². The third-order valence-corrected chi connectivity index (χ3v) is 5.64. The zero-order valence-electron chi connectivity index (χ0n) is 20.4. The summed E-state index contributed by atoms with van der Waals surface area (Å²) in [5.41, 5.74) is 16.4. The number of hydrogen-bond acceptors (Lipinski definition) is 5. The molecule has 0 heterocycles. The molecule has 0 spiro atoms. The minimum atomic E-state index is -0.463. The largest absolute Gasteiger partial charge is 0.457 e. The van der Waals surface area contributed by atoms with Crippen LogP contribution in [-0.4, -0.2) is 17.9 Å². The number of nitrogens with two attached hydrogens (primary N) is 2. The Hall–Kier alpha value is -4.91. The number of aliphatic imine (C=N–C) groups is 1. The number of aryl methyl sites for hydroxylation is 1. The molecule has 0 saturated carbocycles. The first kappa shape index (κ1) is 25.2. The van der Waals surface area contributed by atoms with Crippen LogP contribution in [0.1, 0.15) is 37.4 Å². The van der Waals surface area contributed by atoms with E-state index in [1.807, 2.05) is 55.5 Å². The average Bonchev–Trinajstić information content (AvgIpc) is 2.92. The van der Waals surface area contributed by atoms with E-state index in [0.29, 0.717) is 23.4 Å². The SMILES string of the molecule is Cc1ccc(COC(=O)c2ccc(-c3ccc(OC(=O)c4ccc(CN=C(N)N)cc4)cc3)cc2)cc1. The van der Waals surface area contributed by atoms with Gasteiger partial charge in [-0.15, -0.1) is 0 Å². The van der Waals surface area contributed by atoms with Crippen LogP contribution in [0.25, 0.3) is 11.1 Å². The molecule has 0 aliphatic carbocycles. The molecule has 4 aromatic carbocycles. The minimum absolute atomic E-state index is 0.0132. The van der Waals surface area contributed by atoms with Gasteiger partial charge in [0.1, 0.15) is 12.4 Å². The smallest absolute Gasteiger partial charge is 0.343 e. The quantitative estimate of drug-likeness (QED) is 0.154. The Balaban J connectivity index is 1.33. The Bertz CT molecular complexity index is 1390. The first-order valence-corrected chi connectivity index (χ1v) is 11.7. The zero-order valence-corrected chi connectivity index (χ0v) is 20.4. The molecule has 37 heavy (non-hydrogen) atoms. The van der Waals surface area contributed by atoms with Crippen LogP contribution in [0.5, 0.6) is 5.75 Å². The topological polar surface area (TPSA) is 117 Å². The van der Waals surface area contributed by atoms with E-state index in [4.69, 9.17) is 20.9 Å². The molecular weight excluding hydrogens is 466 g/mol. The summed E-state index contributed by atoms with van der Waals surface area (Å²) in [6, 6.07) is 29.1. The van der Waals surface area contributed by atoms with Gasteiger partial charge in [-0.2, -0.15) is 0 Å². The number of carbonyl (C=O) groups excluding carboxylic acids is 2. The number of esters is 2. The first-order valence-electron chi connectivity index (χ1n) is 11.7. The van der Waals surface area contributed by atoms with Crippen LogP contribution in [0.2, 0.25) is 0 Å². The first-order chi connectivity index (χ1) is 17.9. The van der Waals surface area contributed by atoms with Crippen molar-refractivity contribution in [1.82, 2.24) is 0 Å². The molecule has 4 aromatic rings. The summed E-state index contributed by atoms with van der Waals surface area (Å²) in [7, 11) is 0. The third kappa shape index (κ3) is 7.05. The van der Waals surface area contributed by atoms with E-state index in [1.165, 1.54) is 0 Å². The Morgan fingerprint density at radius 3 is 1.78 bits per heavy atom. The van der Waals surface area contributed by atoms with Crippen LogP contribution in [0, 0.1) is 6.92 Å². The molecule has 0 radical (unpaired) electrons. The van der Waals surface area contributed by atoms with Gasteiger partial charge in [0, 0.05) is 0 Å². The third-order valence-electron chi connectivity index (χ3n) is 5.64. The molecule has 0 unspecified atom stereocenters. The Kier molecular flexibility index (Phi) is 7.95. The standard InChI is InChI=1S/C30H27N3O4/c1-20-2-4-22(5-3-20)19-36-28(34)25-12-10-23(11-13-25)24-14-16-27(17-15-24)37-29(35)26-8-6-21(7-9-26)18-33-30(31)32/h2-17H,18-19H2,1H3,(H4,31,32,33). The molecule has 0 amide bonds. The van der Waals surface area contributed by atoms with E-state index in [9.17, 15) is 9.59 Å². The van der Waals surface area contributed by atoms with Crippen molar-refractivity contribution in [2.24, 2.45) is 16.5 Å². The molecule has 4 rings (SSSR count). The summed E-state index contributed by atoms with van der Waals surface area (Å²) in [6.45, 7) is 2.58. The molecule has 0 aromatic heterocycles. The number of guanidine groups is 1. The molecule has 4 N–H and O–H groups in total. The number of nitrogens with zero attached hydrogens (tertiary/aromatic N) is 1. The highest BCUT2D eigenvalue weighted by Gasteiger charge is 2.10. The molecule has 0 aliphatic heterocycles. The fraction of sp³-hybridized carbons (Fsp3) is 0.100. The van der Waals surface area contributed by atoms with Crippen molar-refractivity contribution >= 4 is 17.9 Å². The number of carbonyl (C=O) groups is 2. The summed E-state index contributed by atoms with van der Waals surface area (Å²) in [5, 5.41) is 0. The second kappa shape index (κ2) is 11.7. The van der Waals surface area contributed by atoms with Crippen molar-refractivity contribution in [3.63, 3.8) is 0 Å². The van der Waals surface area contributed by atoms with Crippen molar-refractivity contribution < 1.29 is 19.1 Å². The Morgan fingerprint density at radius 1 is 0.676 bits per heavy atom. The van der Waals surface area contributed by atoms with Crippen molar-refractivity contribution in [1.29, 1.82) is 0 Å². The van der Waals surface area contributed by atoms with Gasteiger partial charge in [0.15, 0.2) is 5.96 Å². The molecule has 0 saturated heterocycles. The van der Waals surface area contributed by atoms with E-state index >= 15 is 0 Å². The van der Waals surface area contributed by atoms with Crippen LogP contribution in [0.4, 0.5) is 0 Å². The van der Waals surface area contributed by atoms with Gasteiger partial charge < -0.3 is 20.9 Å². The summed E-state index contributed by atoms with van der Waals surface area (Å²) < 4.78 is 10.9. The van der Waals surface area contributed by atoms with Crippen molar-refractivity contribution in [3.8, 4) is 16.9 Å². The predicted octanol–water partition coefficient (Wildman–Crippen LogP) is 5.01. The predicted molar refractivity (Wildman–Crippen MR) is 143 cm³/mol. The van der Waals surface area contributed by atoms with Gasteiger partial charge in [0.25, 0.3) is 0 Å². The molecule has 0 fully saturated rings. The van der Waals surface area contributed by atoms with Crippen molar-refractivity contribution in [2.75, 3.05) is 0 Å². The molecule has 7 heteroatoms. The van der Waals surface area contributed by atoms with E-state index in [1.54, 1.807) is 48.5 Å². The maximum absolute atomic E-state index is 12.5. The minimum Gasteiger partial charge on any atom is -0.457 e. The normalized spacial score (nSPS) is 10.4. The maximum atomic E-state index is 12.5. The van der Waals surface area contributed by atoms with Crippen LogP contribution in [0.15, 0.2) is 102 Å². The highest BCUT2D eigenvalue weighted by molar-refractivity contribution is 5.91. The lowest BCUT2D eigenvalue weighted by Crippen LogP contribution is -2.22. The van der Waals surface area contributed by atoms with E-state index in [2.05, 4.69) is 4.99 Å². The van der Waals surface area contributed by atoms with Gasteiger partial charge >= 0.3 is 11.9 Å². The molecule has 186 valence electrons. The van der Waals surface area contributed by atoms with Crippen LogP contribution in [-0.2, 0) is 17.9 Å². The number of rotatable bonds is 8. The fourth-order valence-electron chi connectivity index (χ4n) is 3.53. The van der Waals surface area contributed by atoms with Gasteiger partial charge in [0.05, 0.1) is 17.7 Å². The molecule has 7 nitrogen and oxygen atoms in total. The van der Waals surface area contributed by atoms with E-state index in [0.717, 1.165) is 27.8 Å². The highest BCUT2D eigenvalue weighted by atomic mass is 16.5.